The number of ether oxygens (including phenoxy) is 8. The molecule has 0 aromatic rings. The fourth-order valence-corrected chi connectivity index (χ4v) is 7.10. The average molecular weight is 710 g/mol. The molecule has 0 aromatic heterocycles. The molecule has 8 N–H and O–H groups in total. The van der Waals surface area contributed by atoms with Crippen LogP contribution in [0.25, 0.3) is 10.4 Å². The molecular formula is C29H55N7O13. The second kappa shape index (κ2) is 20.9. The zero-order valence-electron chi connectivity index (χ0n) is 28.9. The third kappa shape index (κ3) is 9.74. The second-order valence-electron chi connectivity index (χ2n) is 12.1. The molecule has 0 radical (unpaired) electrons. The van der Waals surface area contributed by atoms with Crippen LogP contribution >= 0.6 is 0 Å². The van der Waals surface area contributed by atoms with Gasteiger partial charge in [0.25, 0.3) is 0 Å². The van der Waals surface area contributed by atoms with E-state index in [0.29, 0.717) is 0 Å². The molecule has 6 unspecified atom stereocenters. The van der Waals surface area contributed by atoms with Gasteiger partial charge in [-0.15, -0.1) is 0 Å². The lowest BCUT2D eigenvalue weighted by Gasteiger charge is -2.52. The van der Waals surface area contributed by atoms with E-state index in [1.54, 1.807) is 35.4 Å². The first-order chi connectivity index (χ1) is 23.7. The maximum atomic E-state index is 12.2. The SMILES string of the molecule is CNC1O[C@@H](NC)[C@@H](O[C@H]2OC(COC)[C@@H](OC)[C@@H](NC)C2CO)C(CO)[C@@H]1O[C@H]1OC(CNC(=O)CN=[N+]=[N-])[C@@H](CO)C(CO)[C@@H]1OC. The number of aliphatic hydroxyl groups is 4. The van der Waals surface area contributed by atoms with Gasteiger partial charge in [0.15, 0.2) is 12.6 Å². The fourth-order valence-electron chi connectivity index (χ4n) is 7.10. The van der Waals surface area contributed by atoms with E-state index in [9.17, 15) is 25.2 Å². The van der Waals surface area contributed by atoms with E-state index in [4.69, 9.17) is 43.4 Å². The van der Waals surface area contributed by atoms with Gasteiger partial charge < -0.3 is 69.0 Å². The first-order valence-electron chi connectivity index (χ1n) is 16.3. The lowest BCUT2D eigenvalue weighted by atomic mass is 9.81. The minimum Gasteiger partial charge on any atom is -0.396 e. The van der Waals surface area contributed by atoms with E-state index >= 15 is 0 Å². The van der Waals surface area contributed by atoms with Crippen molar-refractivity contribution in [3.8, 4) is 0 Å². The molecule has 3 aliphatic rings. The topological polar surface area (TPSA) is 269 Å². The molecule has 3 aliphatic heterocycles. The minimum atomic E-state index is -1.17. The van der Waals surface area contributed by atoms with E-state index in [1.165, 1.54) is 7.11 Å². The molecule has 20 nitrogen and oxygen atoms in total. The van der Waals surface area contributed by atoms with Crippen molar-refractivity contribution in [2.24, 2.45) is 28.8 Å². The number of hydrogen-bond acceptors (Lipinski definition) is 17. The highest BCUT2D eigenvalue weighted by Crippen LogP contribution is 2.38. The number of methoxy groups -OCH3 is 3. The molecule has 0 spiro atoms. The molecule has 3 rings (SSSR count). The number of nitrogens with zero attached hydrogens (tertiary/aromatic N) is 3. The molecule has 3 fully saturated rings. The van der Waals surface area contributed by atoms with Crippen LogP contribution in [0.2, 0.25) is 0 Å². The molecule has 3 heterocycles. The van der Waals surface area contributed by atoms with Crippen molar-refractivity contribution in [3.63, 3.8) is 0 Å². The molecule has 20 heteroatoms. The normalized spacial score (nSPS) is 39.7. The Kier molecular flexibility index (Phi) is 17.7. The summed E-state index contributed by atoms with van der Waals surface area (Å²) in [4.78, 5) is 14.8. The molecule has 284 valence electrons. The number of rotatable bonds is 19. The zero-order chi connectivity index (χ0) is 36.1. The fraction of sp³-hybridized carbons (Fsp3) is 0.966. The maximum absolute atomic E-state index is 12.2. The summed E-state index contributed by atoms with van der Waals surface area (Å²) in [5.74, 6) is -3.27. The second-order valence-corrected chi connectivity index (χ2v) is 12.1. The molecule has 0 bridgehead atoms. The highest BCUT2D eigenvalue weighted by molar-refractivity contribution is 5.78. The van der Waals surface area contributed by atoms with E-state index < -0.39 is 118 Å². The van der Waals surface area contributed by atoms with Crippen molar-refractivity contribution < 1.29 is 63.1 Å². The maximum Gasteiger partial charge on any atom is 0.225 e. The van der Waals surface area contributed by atoms with Crippen LogP contribution in [-0.2, 0) is 42.7 Å². The van der Waals surface area contributed by atoms with Crippen LogP contribution < -0.4 is 21.3 Å². The molecule has 0 saturated carbocycles. The molecule has 1 amide bonds. The van der Waals surface area contributed by atoms with E-state index in [-0.39, 0.29) is 25.8 Å². The van der Waals surface area contributed by atoms with Crippen molar-refractivity contribution in [3.05, 3.63) is 10.4 Å². The minimum absolute atomic E-state index is 0.0925. The monoisotopic (exact) mass is 709 g/mol. The summed E-state index contributed by atoms with van der Waals surface area (Å²) in [5.41, 5.74) is 8.54. The molecule has 15 atom stereocenters. The van der Waals surface area contributed by atoms with Crippen LogP contribution in [0.4, 0.5) is 0 Å². The Bertz CT molecular complexity index is 1030. The van der Waals surface area contributed by atoms with Gasteiger partial charge in [-0.25, -0.2) is 0 Å². The lowest BCUT2D eigenvalue weighted by molar-refractivity contribution is -0.353. The molecule has 0 aliphatic carbocycles. The summed E-state index contributed by atoms with van der Waals surface area (Å²) in [5, 5.41) is 57.2. The molecule has 49 heavy (non-hydrogen) atoms. The Labute approximate surface area is 286 Å². The summed E-state index contributed by atoms with van der Waals surface area (Å²) in [6, 6.07) is -0.381. The quantitative estimate of drug-likeness (QED) is 0.0367. The number of amides is 1. The third-order valence-electron chi connectivity index (χ3n) is 9.58. The number of azide groups is 1. The van der Waals surface area contributed by atoms with Gasteiger partial charge in [0.2, 0.25) is 5.91 Å². The largest absolute Gasteiger partial charge is 0.396 e. The number of carbonyl (C=O) groups is 1. The molecule has 3 saturated heterocycles. The molecular weight excluding hydrogens is 654 g/mol. The van der Waals surface area contributed by atoms with Gasteiger partial charge in [-0.3, -0.25) is 15.4 Å². The van der Waals surface area contributed by atoms with Crippen LogP contribution in [0, 0.1) is 23.7 Å². The van der Waals surface area contributed by atoms with E-state index in [2.05, 4.69) is 31.3 Å². The van der Waals surface area contributed by atoms with Crippen LogP contribution in [0.1, 0.15) is 0 Å². The first-order valence-corrected chi connectivity index (χ1v) is 16.3. The number of hydrogen-bond donors (Lipinski definition) is 8. The summed E-state index contributed by atoms with van der Waals surface area (Å²) in [6.07, 6.45) is -8.35. The van der Waals surface area contributed by atoms with Gasteiger partial charge in [0.05, 0.1) is 31.8 Å². The van der Waals surface area contributed by atoms with Gasteiger partial charge in [-0.05, 0) is 26.7 Å². The standard InChI is InChI=1S/C29H55N7O13/c1-31-21-16(11-39)28(46-19(13-42-4)25(21)44-6)47-22-17(12-40)23(27(33-3)49-26(22)32-2)48-29-24(43-5)15(10-38)14(9-37)18(45-29)7-34-20(41)8-35-36-30/h14-19,21-29,31-33,37-40H,7-13H2,1-6H3,(H,34,41)/t14-,15?,16?,17?,18?,19?,21-,22-,23-,24-,25+,26+,27?,28+,29+/m0/s1. The van der Waals surface area contributed by atoms with Gasteiger partial charge in [0, 0.05) is 69.8 Å². The lowest BCUT2D eigenvalue weighted by Crippen LogP contribution is -2.68. The van der Waals surface area contributed by atoms with Crippen LogP contribution in [0.15, 0.2) is 5.11 Å². The van der Waals surface area contributed by atoms with Gasteiger partial charge in [-0.1, -0.05) is 5.11 Å². The summed E-state index contributed by atoms with van der Waals surface area (Å²) < 4.78 is 48.9. The average Bonchev–Trinajstić information content (AvgIpc) is 3.12. The van der Waals surface area contributed by atoms with E-state index in [0.717, 1.165) is 0 Å². The van der Waals surface area contributed by atoms with Crippen LogP contribution in [0.3, 0.4) is 0 Å². The highest BCUT2D eigenvalue weighted by atomic mass is 16.7. The van der Waals surface area contributed by atoms with Gasteiger partial charge in [0.1, 0.15) is 49.5 Å². The van der Waals surface area contributed by atoms with Crippen LogP contribution in [-0.4, -0.2) is 183 Å². The summed E-state index contributed by atoms with van der Waals surface area (Å²) >= 11 is 0. The van der Waals surface area contributed by atoms with Gasteiger partial charge in [-0.2, -0.15) is 0 Å². The number of likely N-dealkylation sites (N-methyl/N-ethyl adjacent to an activating group) is 3. The first kappa shape index (κ1) is 41.6. The van der Waals surface area contributed by atoms with Crippen LogP contribution in [0.5, 0.6) is 0 Å². The van der Waals surface area contributed by atoms with Crippen molar-refractivity contribution in [1.82, 2.24) is 21.3 Å². The highest BCUT2D eigenvalue weighted by Gasteiger charge is 2.54. The van der Waals surface area contributed by atoms with Crippen molar-refractivity contribution >= 4 is 5.91 Å². The molecule has 0 aromatic carbocycles. The summed E-state index contributed by atoms with van der Waals surface area (Å²) in [6.45, 7) is -1.87. The van der Waals surface area contributed by atoms with E-state index in [1.807, 2.05) is 0 Å². The predicted molar refractivity (Wildman–Crippen MR) is 169 cm³/mol. The Balaban J connectivity index is 1.93. The Hall–Kier alpha value is -1.82. The Morgan fingerprint density at radius 1 is 0.735 bits per heavy atom. The van der Waals surface area contributed by atoms with Crippen molar-refractivity contribution in [2.45, 2.75) is 67.7 Å². The predicted octanol–water partition coefficient (Wildman–Crippen LogP) is -3.55. The Morgan fingerprint density at radius 3 is 1.80 bits per heavy atom. The zero-order valence-corrected chi connectivity index (χ0v) is 28.9. The summed E-state index contributed by atoms with van der Waals surface area (Å²) in [7, 11) is 9.59. The number of aliphatic hydroxyl groups excluding tert-OH is 4. The number of nitrogens with one attached hydrogen (secondary N) is 4. The van der Waals surface area contributed by atoms with Crippen molar-refractivity contribution in [2.75, 3.05) is 88.6 Å². The Morgan fingerprint density at radius 2 is 1.31 bits per heavy atom. The van der Waals surface area contributed by atoms with Gasteiger partial charge >= 0.3 is 0 Å². The number of carbonyl (C=O) groups excluding carboxylic acids is 1. The van der Waals surface area contributed by atoms with Crippen molar-refractivity contribution in [1.29, 1.82) is 0 Å². The smallest absolute Gasteiger partial charge is 0.225 e. The third-order valence-corrected chi connectivity index (χ3v) is 9.58.